The minimum Gasteiger partial charge on any atom is -0.482 e. The average Bonchev–Trinajstić information content (AvgIpc) is 2.48. The molecular weight excluding hydrogens is 288 g/mol. The highest BCUT2D eigenvalue weighted by atomic mass is 35.5. The van der Waals surface area contributed by atoms with Crippen LogP contribution in [0.2, 0.25) is 5.02 Å². The van der Waals surface area contributed by atoms with Gasteiger partial charge in [0.05, 0.1) is 5.02 Å². The van der Waals surface area contributed by atoms with Gasteiger partial charge in [0.25, 0.3) is 5.91 Å². The van der Waals surface area contributed by atoms with E-state index in [0.717, 1.165) is 19.3 Å². The molecule has 0 aliphatic heterocycles. The van der Waals surface area contributed by atoms with Crippen LogP contribution in [0.25, 0.3) is 0 Å². The van der Waals surface area contributed by atoms with Gasteiger partial charge in [0.1, 0.15) is 5.75 Å². The highest BCUT2D eigenvalue weighted by molar-refractivity contribution is 6.32. The van der Waals surface area contributed by atoms with Crippen molar-refractivity contribution in [1.29, 1.82) is 0 Å². The lowest BCUT2D eigenvalue weighted by molar-refractivity contribution is -0.123. The molecule has 0 spiro atoms. The zero-order chi connectivity index (χ0) is 15.1. The molecule has 0 bridgehead atoms. The smallest absolute Gasteiger partial charge is 0.277 e. The second-order valence-corrected chi connectivity index (χ2v) is 5.52. The molecule has 0 saturated heterocycles. The molecule has 1 aliphatic carbocycles. The van der Waals surface area contributed by atoms with E-state index in [-0.39, 0.29) is 12.5 Å². The van der Waals surface area contributed by atoms with Crippen molar-refractivity contribution < 1.29 is 9.53 Å². The van der Waals surface area contributed by atoms with Gasteiger partial charge in [0.2, 0.25) is 0 Å². The maximum absolute atomic E-state index is 11.6. The summed E-state index contributed by atoms with van der Waals surface area (Å²) >= 11 is 5.93. The van der Waals surface area contributed by atoms with E-state index in [2.05, 4.69) is 23.5 Å². The van der Waals surface area contributed by atoms with Crippen molar-refractivity contribution in [1.82, 2.24) is 5.43 Å². The zero-order valence-electron chi connectivity index (χ0n) is 12.0. The van der Waals surface area contributed by atoms with Crippen molar-refractivity contribution in [2.75, 3.05) is 6.61 Å². The van der Waals surface area contributed by atoms with Crippen LogP contribution in [0.3, 0.4) is 0 Å². The molecule has 1 aromatic rings. The van der Waals surface area contributed by atoms with Crippen LogP contribution in [0.5, 0.6) is 5.75 Å². The molecule has 4 nitrogen and oxygen atoms in total. The van der Waals surface area contributed by atoms with Gasteiger partial charge >= 0.3 is 0 Å². The lowest BCUT2D eigenvalue weighted by atomic mass is 9.91. The third kappa shape index (κ3) is 5.23. The summed E-state index contributed by atoms with van der Waals surface area (Å²) in [6.45, 7) is 2.03. The van der Waals surface area contributed by atoms with E-state index in [1.165, 1.54) is 5.57 Å². The van der Waals surface area contributed by atoms with Crippen molar-refractivity contribution >= 4 is 23.7 Å². The highest BCUT2D eigenvalue weighted by Crippen LogP contribution is 2.23. The number of amides is 1. The van der Waals surface area contributed by atoms with E-state index in [1.54, 1.807) is 30.5 Å². The number of rotatable bonds is 5. The molecule has 0 fully saturated rings. The minimum absolute atomic E-state index is 0.106. The van der Waals surface area contributed by atoms with Crippen molar-refractivity contribution in [3.05, 3.63) is 40.9 Å². The lowest BCUT2D eigenvalue weighted by Crippen LogP contribution is -2.25. The first-order valence-corrected chi connectivity index (χ1v) is 7.38. The van der Waals surface area contributed by atoms with Gasteiger partial charge in [-0.15, -0.1) is 0 Å². The second-order valence-electron chi connectivity index (χ2n) is 5.12. The summed E-state index contributed by atoms with van der Waals surface area (Å²) in [6, 6.07) is 7.04. The Balaban J connectivity index is 1.71. The number of nitrogens with one attached hydrogen (secondary N) is 1. The number of nitrogens with zero attached hydrogens (tertiary/aromatic N) is 1. The maximum atomic E-state index is 11.6. The molecule has 1 unspecified atom stereocenters. The van der Waals surface area contributed by atoms with Crippen LogP contribution >= 0.6 is 11.6 Å². The van der Waals surface area contributed by atoms with Crippen LogP contribution in [0.1, 0.15) is 26.2 Å². The van der Waals surface area contributed by atoms with Gasteiger partial charge in [-0.3, -0.25) is 4.79 Å². The summed E-state index contributed by atoms with van der Waals surface area (Å²) < 4.78 is 5.33. The molecular formula is C16H19ClN2O2. The number of benzene rings is 1. The number of para-hydroxylation sites is 1. The monoisotopic (exact) mass is 306 g/mol. The van der Waals surface area contributed by atoms with E-state index < -0.39 is 0 Å². The van der Waals surface area contributed by atoms with E-state index in [4.69, 9.17) is 16.3 Å². The summed E-state index contributed by atoms with van der Waals surface area (Å²) in [7, 11) is 0. The Morgan fingerprint density at radius 3 is 3.05 bits per heavy atom. The summed E-state index contributed by atoms with van der Waals surface area (Å²) in [5.41, 5.74) is 3.90. The van der Waals surface area contributed by atoms with Crippen LogP contribution in [-0.2, 0) is 4.79 Å². The molecule has 0 saturated carbocycles. The summed E-state index contributed by atoms with van der Waals surface area (Å²) in [6.07, 6.45) is 7.19. The van der Waals surface area contributed by atoms with Crippen molar-refractivity contribution in [3.63, 3.8) is 0 Å². The number of hydrazone groups is 1. The standard InChI is InChI=1S/C16H19ClN2O2/c1-12-6-8-13(9-7-12)10-18-19-16(20)11-21-15-5-3-2-4-14(15)17/h2-6,10,13H,7-9,11H2,1H3,(H,19,20)/b18-10-. The molecule has 0 aromatic heterocycles. The van der Waals surface area contributed by atoms with E-state index in [0.29, 0.717) is 16.7 Å². The number of carbonyl (C=O) groups is 1. The minimum atomic E-state index is -0.297. The number of allylic oxidation sites excluding steroid dienone is 2. The van der Waals surface area contributed by atoms with E-state index >= 15 is 0 Å². The fourth-order valence-electron chi connectivity index (χ4n) is 2.07. The molecule has 1 aromatic carbocycles. The van der Waals surface area contributed by atoms with Crippen LogP contribution in [0.4, 0.5) is 0 Å². The van der Waals surface area contributed by atoms with Crippen LogP contribution in [-0.4, -0.2) is 18.7 Å². The van der Waals surface area contributed by atoms with Crippen molar-refractivity contribution in [2.45, 2.75) is 26.2 Å². The molecule has 1 atom stereocenters. The fourth-order valence-corrected chi connectivity index (χ4v) is 2.26. The maximum Gasteiger partial charge on any atom is 0.277 e. The molecule has 2 rings (SSSR count). The zero-order valence-corrected chi connectivity index (χ0v) is 12.8. The van der Waals surface area contributed by atoms with Gasteiger partial charge < -0.3 is 4.74 Å². The number of hydrogen-bond donors (Lipinski definition) is 1. The molecule has 1 aliphatic rings. The Hall–Kier alpha value is -1.81. The third-order valence-corrected chi connectivity index (χ3v) is 3.66. The van der Waals surface area contributed by atoms with Crippen molar-refractivity contribution in [2.24, 2.45) is 11.0 Å². The Kier molecular flexibility index (Phi) is 5.81. The van der Waals surface area contributed by atoms with E-state index in [1.807, 2.05) is 0 Å². The molecule has 1 N–H and O–H groups in total. The van der Waals surface area contributed by atoms with Crippen LogP contribution < -0.4 is 10.2 Å². The SMILES string of the molecule is CC1=CCC(/C=N\NC(=O)COc2ccccc2Cl)CC1. The van der Waals surface area contributed by atoms with Gasteiger partial charge in [-0.1, -0.05) is 35.4 Å². The van der Waals surface area contributed by atoms with Gasteiger partial charge in [0.15, 0.2) is 6.61 Å². The fraction of sp³-hybridized carbons (Fsp3) is 0.375. The van der Waals surface area contributed by atoms with Gasteiger partial charge in [-0.25, -0.2) is 5.43 Å². The number of ether oxygens (including phenoxy) is 1. The lowest BCUT2D eigenvalue weighted by Gasteiger charge is -2.15. The first kappa shape index (κ1) is 15.6. The van der Waals surface area contributed by atoms with Gasteiger partial charge in [0, 0.05) is 6.21 Å². The summed E-state index contributed by atoms with van der Waals surface area (Å²) in [5, 5.41) is 4.47. The van der Waals surface area contributed by atoms with Crippen molar-refractivity contribution in [3.8, 4) is 5.75 Å². The molecule has 5 heteroatoms. The Morgan fingerprint density at radius 2 is 2.33 bits per heavy atom. The Labute approximate surface area is 129 Å². The number of halogens is 1. The van der Waals surface area contributed by atoms with E-state index in [9.17, 15) is 4.79 Å². The Morgan fingerprint density at radius 1 is 1.52 bits per heavy atom. The van der Waals surface area contributed by atoms with Gasteiger partial charge in [-0.05, 0) is 44.2 Å². The number of carbonyl (C=O) groups excluding carboxylic acids is 1. The first-order chi connectivity index (χ1) is 10.1. The largest absolute Gasteiger partial charge is 0.482 e. The predicted octanol–water partition coefficient (Wildman–Crippen LogP) is 3.57. The molecule has 0 heterocycles. The quantitative estimate of drug-likeness (QED) is 0.513. The number of hydrogen-bond acceptors (Lipinski definition) is 3. The molecule has 0 radical (unpaired) electrons. The topological polar surface area (TPSA) is 50.7 Å². The molecule has 21 heavy (non-hydrogen) atoms. The predicted molar refractivity (Wildman–Crippen MR) is 84.7 cm³/mol. The van der Waals surface area contributed by atoms with Crippen LogP contribution in [0, 0.1) is 5.92 Å². The Bertz CT molecular complexity index is 555. The average molecular weight is 307 g/mol. The third-order valence-electron chi connectivity index (χ3n) is 3.35. The van der Waals surface area contributed by atoms with Crippen LogP contribution in [0.15, 0.2) is 41.0 Å². The normalized spacial score (nSPS) is 18.4. The first-order valence-electron chi connectivity index (χ1n) is 7.00. The van der Waals surface area contributed by atoms with Gasteiger partial charge in [-0.2, -0.15) is 5.10 Å². The molecule has 112 valence electrons. The highest BCUT2D eigenvalue weighted by Gasteiger charge is 2.10. The molecule has 1 amide bonds. The summed E-state index contributed by atoms with van der Waals surface area (Å²) in [5.74, 6) is 0.596. The summed E-state index contributed by atoms with van der Waals surface area (Å²) in [4.78, 5) is 11.6. The second kappa shape index (κ2) is 7.84.